The average molecular weight is 230 g/mol. The number of para-hydroxylation sites is 1. The summed E-state index contributed by atoms with van der Waals surface area (Å²) in [6.07, 6.45) is 5.89. The van der Waals surface area contributed by atoms with E-state index in [1.54, 1.807) is 7.11 Å². The van der Waals surface area contributed by atoms with E-state index in [0.29, 0.717) is 0 Å². The molecule has 1 N–H and O–H groups in total. The molecule has 1 aliphatic carbocycles. The quantitative estimate of drug-likeness (QED) is 0.844. The van der Waals surface area contributed by atoms with E-state index in [1.165, 1.54) is 0 Å². The molecule has 0 amide bonds. The predicted octanol–water partition coefficient (Wildman–Crippen LogP) is 2.03. The summed E-state index contributed by atoms with van der Waals surface area (Å²) in [7, 11) is 1.64. The number of benzene rings is 1. The van der Waals surface area contributed by atoms with Crippen LogP contribution in [0, 0.1) is 0 Å². The van der Waals surface area contributed by atoms with Gasteiger partial charge in [-0.2, -0.15) is 0 Å². The standard InChI is InChI=1S/C14H14O3/c1-16-12-7-3-5-10-13-9(8-15)4-2-6-11(13)17-14(10)12/h2-7,11,13,15H,8H2,1H3/t11-,13-/m1/s1. The number of hydrogen-bond donors (Lipinski definition) is 1. The SMILES string of the molecule is COc1cccc2c1O[C@@H]1C=CC=C(CO)[C@H]21. The highest BCUT2D eigenvalue weighted by Crippen LogP contribution is 2.48. The first-order chi connectivity index (χ1) is 8.35. The first-order valence-electron chi connectivity index (χ1n) is 5.67. The first-order valence-corrected chi connectivity index (χ1v) is 5.67. The summed E-state index contributed by atoms with van der Waals surface area (Å²) in [5, 5.41) is 9.40. The number of ether oxygens (including phenoxy) is 2. The maximum absolute atomic E-state index is 9.40. The van der Waals surface area contributed by atoms with Crippen molar-refractivity contribution in [3.63, 3.8) is 0 Å². The zero-order valence-corrected chi connectivity index (χ0v) is 9.59. The van der Waals surface area contributed by atoms with E-state index in [9.17, 15) is 5.11 Å². The lowest BCUT2D eigenvalue weighted by atomic mass is 9.85. The van der Waals surface area contributed by atoms with E-state index in [-0.39, 0.29) is 18.6 Å². The van der Waals surface area contributed by atoms with Crippen molar-refractivity contribution in [2.75, 3.05) is 13.7 Å². The van der Waals surface area contributed by atoms with Crippen molar-refractivity contribution in [2.45, 2.75) is 12.0 Å². The van der Waals surface area contributed by atoms with Crippen LogP contribution in [0.15, 0.2) is 42.0 Å². The monoisotopic (exact) mass is 230 g/mol. The summed E-state index contributed by atoms with van der Waals surface area (Å²) in [5.41, 5.74) is 2.09. The summed E-state index contributed by atoms with van der Waals surface area (Å²) in [6.45, 7) is 0.0610. The molecule has 2 atom stereocenters. The van der Waals surface area contributed by atoms with Crippen LogP contribution in [0.4, 0.5) is 0 Å². The van der Waals surface area contributed by atoms with Crippen LogP contribution >= 0.6 is 0 Å². The van der Waals surface area contributed by atoms with E-state index >= 15 is 0 Å². The van der Waals surface area contributed by atoms with Gasteiger partial charge >= 0.3 is 0 Å². The van der Waals surface area contributed by atoms with Crippen LogP contribution in [0.5, 0.6) is 11.5 Å². The summed E-state index contributed by atoms with van der Waals surface area (Å²) in [5.74, 6) is 1.67. The number of aliphatic hydroxyl groups is 1. The van der Waals surface area contributed by atoms with E-state index in [2.05, 4.69) is 0 Å². The van der Waals surface area contributed by atoms with Crippen molar-refractivity contribution in [1.29, 1.82) is 0 Å². The molecule has 1 aromatic rings. The van der Waals surface area contributed by atoms with Crippen LogP contribution in [0.25, 0.3) is 0 Å². The van der Waals surface area contributed by atoms with Crippen LogP contribution in [0.2, 0.25) is 0 Å². The summed E-state index contributed by atoms with van der Waals surface area (Å²) in [4.78, 5) is 0. The Kier molecular flexibility index (Phi) is 2.41. The van der Waals surface area contributed by atoms with E-state index in [0.717, 1.165) is 22.6 Å². The molecule has 0 saturated heterocycles. The smallest absolute Gasteiger partial charge is 0.166 e. The Bertz CT molecular complexity index is 502. The fourth-order valence-corrected chi connectivity index (χ4v) is 2.55. The normalized spacial score (nSPS) is 24.7. The minimum atomic E-state index is -0.0200. The molecular formula is C14H14O3. The van der Waals surface area contributed by atoms with Gasteiger partial charge in [-0.25, -0.2) is 0 Å². The Balaban J connectivity index is 2.11. The van der Waals surface area contributed by atoms with Gasteiger partial charge in [-0.05, 0) is 17.7 Å². The molecule has 1 aliphatic heterocycles. The van der Waals surface area contributed by atoms with Gasteiger partial charge in [0.1, 0.15) is 6.10 Å². The Morgan fingerprint density at radius 3 is 3.06 bits per heavy atom. The van der Waals surface area contributed by atoms with Gasteiger partial charge in [0.15, 0.2) is 11.5 Å². The molecule has 3 heteroatoms. The molecule has 88 valence electrons. The molecule has 0 radical (unpaired) electrons. The molecule has 1 aromatic carbocycles. The Morgan fingerprint density at radius 2 is 2.29 bits per heavy atom. The topological polar surface area (TPSA) is 38.7 Å². The molecule has 0 saturated carbocycles. The van der Waals surface area contributed by atoms with E-state index < -0.39 is 0 Å². The molecule has 17 heavy (non-hydrogen) atoms. The third-order valence-corrected chi connectivity index (χ3v) is 3.34. The van der Waals surface area contributed by atoms with Gasteiger partial charge in [-0.15, -0.1) is 0 Å². The minimum absolute atomic E-state index is 0.0200. The Morgan fingerprint density at radius 1 is 1.41 bits per heavy atom. The van der Waals surface area contributed by atoms with Crippen molar-refractivity contribution in [2.24, 2.45) is 0 Å². The maximum Gasteiger partial charge on any atom is 0.166 e. The predicted molar refractivity (Wildman–Crippen MR) is 64.5 cm³/mol. The molecule has 0 fully saturated rings. The lowest BCUT2D eigenvalue weighted by molar-refractivity contribution is 0.241. The zero-order chi connectivity index (χ0) is 11.8. The summed E-state index contributed by atoms with van der Waals surface area (Å²) in [6, 6.07) is 5.88. The molecule has 1 heterocycles. The highest BCUT2D eigenvalue weighted by atomic mass is 16.5. The van der Waals surface area contributed by atoms with Crippen molar-refractivity contribution in [1.82, 2.24) is 0 Å². The van der Waals surface area contributed by atoms with Crippen molar-refractivity contribution in [3.8, 4) is 11.5 Å². The third-order valence-electron chi connectivity index (χ3n) is 3.34. The second-order valence-corrected chi connectivity index (χ2v) is 4.22. The molecular weight excluding hydrogens is 216 g/mol. The van der Waals surface area contributed by atoms with Crippen LogP contribution in [0.1, 0.15) is 11.5 Å². The van der Waals surface area contributed by atoms with Crippen LogP contribution in [-0.4, -0.2) is 24.9 Å². The lowest BCUT2D eigenvalue weighted by Gasteiger charge is -2.20. The number of allylic oxidation sites excluding steroid dienone is 2. The molecule has 3 nitrogen and oxygen atoms in total. The third kappa shape index (κ3) is 1.46. The van der Waals surface area contributed by atoms with Crippen molar-refractivity contribution in [3.05, 3.63) is 47.6 Å². The highest BCUT2D eigenvalue weighted by Gasteiger charge is 2.37. The largest absolute Gasteiger partial charge is 0.493 e. The summed E-state index contributed by atoms with van der Waals surface area (Å²) < 4.78 is 11.2. The van der Waals surface area contributed by atoms with Crippen molar-refractivity contribution >= 4 is 0 Å². The molecule has 0 spiro atoms. The van der Waals surface area contributed by atoms with Crippen LogP contribution in [0.3, 0.4) is 0 Å². The molecule has 2 aliphatic rings. The van der Waals surface area contributed by atoms with Gasteiger partial charge in [-0.1, -0.05) is 24.3 Å². The fraction of sp³-hybridized carbons (Fsp3) is 0.286. The zero-order valence-electron chi connectivity index (χ0n) is 9.59. The van der Waals surface area contributed by atoms with Gasteiger partial charge in [-0.3, -0.25) is 0 Å². The first kappa shape index (κ1) is 10.4. The molecule has 3 rings (SSSR count). The molecule has 0 bridgehead atoms. The fourth-order valence-electron chi connectivity index (χ4n) is 2.55. The number of methoxy groups -OCH3 is 1. The van der Waals surface area contributed by atoms with Crippen LogP contribution < -0.4 is 9.47 Å². The number of fused-ring (bicyclic) bond motifs is 3. The van der Waals surface area contributed by atoms with E-state index in [4.69, 9.17) is 9.47 Å². The average Bonchev–Trinajstić information content (AvgIpc) is 2.76. The Hall–Kier alpha value is -1.74. The highest BCUT2D eigenvalue weighted by molar-refractivity contribution is 5.56. The van der Waals surface area contributed by atoms with Crippen LogP contribution in [-0.2, 0) is 0 Å². The number of aliphatic hydroxyl groups excluding tert-OH is 1. The minimum Gasteiger partial charge on any atom is -0.493 e. The van der Waals surface area contributed by atoms with Gasteiger partial charge in [0.05, 0.1) is 19.6 Å². The van der Waals surface area contributed by atoms with Crippen molar-refractivity contribution < 1.29 is 14.6 Å². The maximum atomic E-state index is 9.40. The van der Waals surface area contributed by atoms with Gasteiger partial charge in [0.2, 0.25) is 0 Å². The Labute approximate surface area is 100.0 Å². The number of rotatable bonds is 2. The van der Waals surface area contributed by atoms with Gasteiger partial charge in [0.25, 0.3) is 0 Å². The lowest BCUT2D eigenvalue weighted by Crippen LogP contribution is -2.21. The van der Waals surface area contributed by atoms with E-state index in [1.807, 2.05) is 36.4 Å². The summed E-state index contributed by atoms with van der Waals surface area (Å²) >= 11 is 0. The van der Waals surface area contributed by atoms with Gasteiger partial charge < -0.3 is 14.6 Å². The second kappa shape index (κ2) is 3.93. The molecule has 0 aromatic heterocycles. The second-order valence-electron chi connectivity index (χ2n) is 4.22. The molecule has 0 unspecified atom stereocenters. The number of hydrogen-bond acceptors (Lipinski definition) is 3. The van der Waals surface area contributed by atoms with Gasteiger partial charge in [0, 0.05) is 5.56 Å².